The average molecular weight is 386 g/mol. The van der Waals surface area contributed by atoms with Gasteiger partial charge in [0.05, 0.1) is 13.7 Å². The number of anilines is 3. The molecule has 0 fully saturated rings. The minimum atomic E-state index is -0.938. The van der Waals surface area contributed by atoms with Crippen molar-refractivity contribution in [3.8, 4) is 11.5 Å². The molecule has 28 heavy (non-hydrogen) atoms. The molecular weight excluding hydrogens is 366 g/mol. The highest BCUT2D eigenvalue weighted by Crippen LogP contribution is 2.19. The van der Waals surface area contributed by atoms with Crippen LogP contribution < -0.4 is 20.1 Å². The van der Waals surface area contributed by atoms with Crippen molar-refractivity contribution in [2.24, 2.45) is 0 Å². The predicted molar refractivity (Wildman–Crippen MR) is 103 cm³/mol. The van der Waals surface area contributed by atoms with E-state index in [0.29, 0.717) is 24.7 Å². The van der Waals surface area contributed by atoms with Gasteiger partial charge in [0.2, 0.25) is 5.95 Å². The summed E-state index contributed by atoms with van der Waals surface area (Å²) in [6.07, 6.45) is 0. The van der Waals surface area contributed by atoms with Gasteiger partial charge in [0, 0.05) is 23.5 Å². The van der Waals surface area contributed by atoms with Crippen LogP contribution in [0.4, 0.5) is 26.2 Å². The fraction of sp³-hybridized carbons (Fsp3) is 0.200. The Hall–Kier alpha value is -3.42. The van der Waals surface area contributed by atoms with Crippen LogP contribution in [0.2, 0.25) is 0 Å². The zero-order valence-corrected chi connectivity index (χ0v) is 15.5. The summed E-state index contributed by atoms with van der Waals surface area (Å²) >= 11 is 0. The number of ether oxygens (including phenoxy) is 2. The summed E-state index contributed by atoms with van der Waals surface area (Å²) in [5.74, 6) is 0.535. The lowest BCUT2D eigenvalue weighted by molar-refractivity contribution is 0.331. The van der Waals surface area contributed by atoms with Crippen LogP contribution in [-0.2, 0) is 0 Å². The van der Waals surface area contributed by atoms with Crippen LogP contribution in [0.25, 0.3) is 0 Å². The predicted octanol–water partition coefficient (Wildman–Crippen LogP) is 4.31. The highest BCUT2D eigenvalue weighted by molar-refractivity contribution is 5.55. The Morgan fingerprint density at radius 2 is 1.68 bits per heavy atom. The summed E-state index contributed by atoms with van der Waals surface area (Å²) < 4.78 is 37.1. The second-order valence-electron chi connectivity index (χ2n) is 5.92. The second kappa shape index (κ2) is 8.98. The molecule has 6 nitrogen and oxygen atoms in total. The number of hydrogen-bond acceptors (Lipinski definition) is 6. The molecule has 3 aromatic rings. The molecule has 0 bridgehead atoms. The normalized spacial score (nSPS) is 10.4. The number of halogens is 2. The van der Waals surface area contributed by atoms with E-state index in [1.54, 1.807) is 13.2 Å². The molecule has 0 saturated heterocycles. The van der Waals surface area contributed by atoms with Crippen molar-refractivity contribution in [2.45, 2.75) is 6.92 Å². The maximum atomic E-state index is 13.3. The molecule has 2 N–H and O–H groups in total. The van der Waals surface area contributed by atoms with E-state index >= 15 is 0 Å². The van der Waals surface area contributed by atoms with E-state index in [0.717, 1.165) is 29.3 Å². The fourth-order valence-corrected chi connectivity index (χ4v) is 2.44. The summed E-state index contributed by atoms with van der Waals surface area (Å²) in [6.45, 7) is 2.77. The quantitative estimate of drug-likeness (QED) is 0.563. The number of nitrogens with one attached hydrogen (secondary N) is 2. The molecule has 0 spiro atoms. The number of aromatic nitrogens is 2. The number of nitrogens with zero attached hydrogens (tertiary/aromatic N) is 2. The Bertz CT molecular complexity index is 936. The Morgan fingerprint density at radius 3 is 2.39 bits per heavy atom. The first-order valence-electron chi connectivity index (χ1n) is 8.62. The molecule has 0 amide bonds. The van der Waals surface area contributed by atoms with Gasteiger partial charge in [-0.1, -0.05) is 0 Å². The van der Waals surface area contributed by atoms with E-state index in [4.69, 9.17) is 9.47 Å². The second-order valence-corrected chi connectivity index (χ2v) is 5.92. The van der Waals surface area contributed by atoms with Crippen LogP contribution in [0, 0.1) is 18.6 Å². The van der Waals surface area contributed by atoms with Crippen LogP contribution in [0.3, 0.4) is 0 Å². The molecular formula is C20H20F2N4O2. The fourth-order valence-electron chi connectivity index (χ4n) is 2.44. The van der Waals surface area contributed by atoms with Crippen molar-refractivity contribution in [3.05, 3.63) is 65.9 Å². The molecule has 0 atom stereocenters. The van der Waals surface area contributed by atoms with Crippen molar-refractivity contribution in [1.82, 2.24) is 9.97 Å². The van der Waals surface area contributed by atoms with E-state index in [1.165, 1.54) is 6.07 Å². The van der Waals surface area contributed by atoms with Crippen molar-refractivity contribution in [3.63, 3.8) is 0 Å². The van der Waals surface area contributed by atoms with Gasteiger partial charge < -0.3 is 20.1 Å². The number of benzene rings is 2. The maximum Gasteiger partial charge on any atom is 0.229 e. The molecule has 146 valence electrons. The first kappa shape index (κ1) is 19.3. The molecule has 0 radical (unpaired) electrons. The maximum absolute atomic E-state index is 13.3. The first-order chi connectivity index (χ1) is 13.5. The zero-order valence-electron chi connectivity index (χ0n) is 15.5. The third-order valence-corrected chi connectivity index (χ3v) is 3.77. The number of rotatable bonds is 8. The van der Waals surface area contributed by atoms with E-state index in [9.17, 15) is 8.78 Å². The van der Waals surface area contributed by atoms with E-state index in [-0.39, 0.29) is 5.95 Å². The molecule has 0 aliphatic heterocycles. The van der Waals surface area contributed by atoms with Crippen molar-refractivity contribution in [2.75, 3.05) is 30.9 Å². The van der Waals surface area contributed by atoms with Gasteiger partial charge >= 0.3 is 0 Å². The third-order valence-electron chi connectivity index (χ3n) is 3.77. The van der Waals surface area contributed by atoms with Gasteiger partial charge in [0.25, 0.3) is 0 Å². The molecule has 8 heteroatoms. The minimum absolute atomic E-state index is 0.282. The van der Waals surface area contributed by atoms with Gasteiger partial charge in [-0.05, 0) is 43.3 Å². The highest BCUT2D eigenvalue weighted by atomic mass is 19.2. The molecule has 1 aromatic heterocycles. The van der Waals surface area contributed by atoms with E-state index in [1.807, 2.05) is 31.2 Å². The molecule has 2 aromatic carbocycles. The Morgan fingerprint density at radius 1 is 0.929 bits per heavy atom. The summed E-state index contributed by atoms with van der Waals surface area (Å²) in [5, 5.41) is 6.02. The van der Waals surface area contributed by atoms with Crippen LogP contribution in [0.5, 0.6) is 11.5 Å². The summed E-state index contributed by atoms with van der Waals surface area (Å²) in [6, 6.07) is 12.6. The Kier molecular flexibility index (Phi) is 6.21. The van der Waals surface area contributed by atoms with Crippen LogP contribution in [0.15, 0.2) is 48.5 Å². The van der Waals surface area contributed by atoms with Gasteiger partial charge in [-0.2, -0.15) is 4.98 Å². The SMILES string of the molecule is COc1ccc(OCCNc2cc(C)nc(Nc3ccc(F)c(F)c3)n2)cc1. The van der Waals surface area contributed by atoms with Gasteiger partial charge in [-0.3, -0.25) is 0 Å². The topological polar surface area (TPSA) is 68.3 Å². The van der Waals surface area contributed by atoms with Crippen molar-refractivity contribution < 1.29 is 18.3 Å². The van der Waals surface area contributed by atoms with E-state index in [2.05, 4.69) is 20.6 Å². The number of hydrogen-bond donors (Lipinski definition) is 2. The van der Waals surface area contributed by atoms with Crippen molar-refractivity contribution in [1.29, 1.82) is 0 Å². The molecule has 0 aliphatic carbocycles. The molecule has 3 rings (SSSR count). The summed E-state index contributed by atoms with van der Waals surface area (Å²) in [7, 11) is 1.61. The first-order valence-corrected chi connectivity index (χ1v) is 8.62. The lowest BCUT2D eigenvalue weighted by Gasteiger charge is -2.11. The smallest absolute Gasteiger partial charge is 0.229 e. The lowest BCUT2D eigenvalue weighted by atomic mass is 10.3. The Labute approximate surface area is 161 Å². The van der Waals surface area contributed by atoms with Crippen LogP contribution in [-0.4, -0.2) is 30.2 Å². The van der Waals surface area contributed by atoms with E-state index < -0.39 is 11.6 Å². The van der Waals surface area contributed by atoms with Gasteiger partial charge in [0.15, 0.2) is 11.6 Å². The average Bonchev–Trinajstić information content (AvgIpc) is 2.68. The molecule has 0 saturated carbocycles. The van der Waals surface area contributed by atoms with Gasteiger partial charge in [-0.25, -0.2) is 13.8 Å². The highest BCUT2D eigenvalue weighted by Gasteiger charge is 2.06. The summed E-state index contributed by atoms with van der Waals surface area (Å²) in [4.78, 5) is 8.58. The van der Waals surface area contributed by atoms with Crippen LogP contribution in [0.1, 0.15) is 5.69 Å². The van der Waals surface area contributed by atoms with Gasteiger partial charge in [-0.15, -0.1) is 0 Å². The standard InChI is InChI=1S/C20H20F2N4O2/c1-13-11-19(23-9-10-28-16-6-4-15(27-2)5-7-16)26-20(24-13)25-14-3-8-17(21)18(22)12-14/h3-8,11-12H,9-10H2,1-2H3,(H2,23,24,25,26). The third kappa shape index (κ3) is 5.29. The number of aryl methyl sites for hydroxylation is 1. The van der Waals surface area contributed by atoms with Crippen molar-refractivity contribution >= 4 is 17.5 Å². The summed E-state index contributed by atoms with van der Waals surface area (Å²) in [5.41, 5.74) is 1.08. The molecule has 0 aliphatic rings. The minimum Gasteiger partial charge on any atom is -0.497 e. The number of methoxy groups -OCH3 is 1. The lowest BCUT2D eigenvalue weighted by Crippen LogP contribution is -2.13. The Balaban J connectivity index is 1.55. The van der Waals surface area contributed by atoms with Gasteiger partial charge in [0.1, 0.15) is 23.9 Å². The monoisotopic (exact) mass is 386 g/mol. The molecule has 1 heterocycles. The molecule has 0 unspecified atom stereocenters. The zero-order chi connectivity index (χ0) is 19.9. The largest absolute Gasteiger partial charge is 0.497 e. The van der Waals surface area contributed by atoms with Crippen LogP contribution >= 0.6 is 0 Å².